The van der Waals surface area contributed by atoms with Gasteiger partial charge in [0.25, 0.3) is 11.7 Å². The molecule has 4 nitrogen and oxygen atoms in total. The molecule has 1 atom stereocenters. The molecule has 0 aliphatic carbocycles. The maximum Gasteiger partial charge on any atom is 0.295 e. The van der Waals surface area contributed by atoms with Crippen molar-refractivity contribution in [2.24, 2.45) is 0 Å². The van der Waals surface area contributed by atoms with Gasteiger partial charge in [0.05, 0.1) is 18.2 Å². The molecule has 1 aromatic heterocycles. The number of aliphatic hydroxyl groups excluding tert-OH is 1. The van der Waals surface area contributed by atoms with Crippen molar-refractivity contribution in [2.45, 2.75) is 19.5 Å². The Hall–Kier alpha value is -2.89. The fourth-order valence-corrected chi connectivity index (χ4v) is 4.39. The molecule has 146 valence electrons. The molecule has 1 unspecified atom stereocenters. The molecule has 2 aromatic carbocycles. The van der Waals surface area contributed by atoms with E-state index in [1.807, 2.05) is 48.7 Å². The molecule has 0 radical (unpaired) electrons. The predicted octanol–water partition coefficient (Wildman–Crippen LogP) is 5.33. The van der Waals surface area contributed by atoms with Crippen molar-refractivity contribution in [3.8, 4) is 0 Å². The summed E-state index contributed by atoms with van der Waals surface area (Å²) in [6.07, 6.45) is 0. The topological polar surface area (TPSA) is 57.6 Å². The molecule has 0 spiro atoms. The van der Waals surface area contributed by atoms with Crippen molar-refractivity contribution < 1.29 is 14.7 Å². The highest BCUT2D eigenvalue weighted by molar-refractivity contribution is 7.09. The first kappa shape index (κ1) is 19.4. The SMILES string of the molecule is Cc1cccc(C2/C(=C(/O)c3ccc(Cl)cc3)C(=O)C(=O)N2Cc2cccs2)c1. The second-order valence-electron chi connectivity index (χ2n) is 6.93. The van der Waals surface area contributed by atoms with Gasteiger partial charge in [0.15, 0.2) is 0 Å². The summed E-state index contributed by atoms with van der Waals surface area (Å²) in [7, 11) is 0. The number of hydrogen-bond acceptors (Lipinski definition) is 4. The van der Waals surface area contributed by atoms with E-state index in [2.05, 4.69) is 0 Å². The standard InChI is InChI=1S/C23H18ClNO3S/c1-14-4-2-5-16(12-14)20-19(21(26)15-7-9-17(24)10-8-15)22(27)23(28)25(20)13-18-6-3-11-29-18/h2-12,20,26H,13H2,1H3/b21-19-. The van der Waals surface area contributed by atoms with E-state index in [1.54, 1.807) is 24.3 Å². The maximum atomic E-state index is 13.0. The first-order valence-corrected chi connectivity index (χ1v) is 10.3. The van der Waals surface area contributed by atoms with Crippen molar-refractivity contribution in [1.82, 2.24) is 4.90 Å². The Morgan fingerprint density at radius 2 is 1.86 bits per heavy atom. The zero-order valence-corrected chi connectivity index (χ0v) is 17.2. The average molecular weight is 424 g/mol. The van der Waals surface area contributed by atoms with Gasteiger partial charge in [-0.25, -0.2) is 0 Å². The number of Topliss-reactive ketones (excluding diaryl/α,β-unsaturated/α-hetero) is 1. The second kappa shape index (κ2) is 7.85. The fraction of sp³-hybridized carbons (Fsp3) is 0.130. The number of ketones is 1. The monoisotopic (exact) mass is 423 g/mol. The third-order valence-electron chi connectivity index (χ3n) is 4.92. The van der Waals surface area contributed by atoms with Gasteiger partial charge < -0.3 is 10.0 Å². The average Bonchev–Trinajstić information content (AvgIpc) is 3.30. The summed E-state index contributed by atoms with van der Waals surface area (Å²) in [5.74, 6) is -1.49. The molecule has 0 saturated carbocycles. The Morgan fingerprint density at radius 1 is 1.10 bits per heavy atom. The minimum absolute atomic E-state index is 0.0967. The van der Waals surface area contributed by atoms with Gasteiger partial charge in [-0.3, -0.25) is 9.59 Å². The Morgan fingerprint density at radius 3 is 2.52 bits per heavy atom. The first-order chi connectivity index (χ1) is 14.0. The van der Waals surface area contributed by atoms with Gasteiger partial charge in [0.2, 0.25) is 0 Å². The lowest BCUT2D eigenvalue weighted by Gasteiger charge is -2.25. The van der Waals surface area contributed by atoms with Gasteiger partial charge in [0.1, 0.15) is 5.76 Å². The lowest BCUT2D eigenvalue weighted by Crippen LogP contribution is -2.28. The number of amides is 1. The number of nitrogens with zero attached hydrogens (tertiary/aromatic N) is 1. The molecular formula is C23H18ClNO3S. The summed E-state index contributed by atoms with van der Waals surface area (Å²) in [6, 6.07) is 17.4. The minimum atomic E-state index is -0.680. The van der Waals surface area contributed by atoms with Crippen LogP contribution in [-0.4, -0.2) is 21.7 Å². The third-order valence-corrected chi connectivity index (χ3v) is 6.03. The molecule has 1 aliphatic rings. The van der Waals surface area contributed by atoms with Crippen LogP contribution in [0, 0.1) is 6.92 Å². The van der Waals surface area contributed by atoms with Crippen molar-refractivity contribution in [2.75, 3.05) is 0 Å². The number of aliphatic hydroxyl groups is 1. The molecule has 3 aromatic rings. The Balaban J connectivity index is 1.87. The van der Waals surface area contributed by atoms with Gasteiger partial charge in [0, 0.05) is 15.5 Å². The van der Waals surface area contributed by atoms with Crippen molar-refractivity contribution >= 4 is 40.4 Å². The van der Waals surface area contributed by atoms with E-state index in [9.17, 15) is 14.7 Å². The van der Waals surface area contributed by atoms with E-state index in [1.165, 1.54) is 16.2 Å². The van der Waals surface area contributed by atoms with E-state index in [-0.39, 0.29) is 11.3 Å². The van der Waals surface area contributed by atoms with Crippen LogP contribution in [0.25, 0.3) is 5.76 Å². The van der Waals surface area contributed by atoms with Gasteiger partial charge in [-0.2, -0.15) is 0 Å². The number of carbonyl (C=O) groups excluding carboxylic acids is 2. The zero-order valence-electron chi connectivity index (χ0n) is 15.6. The number of hydrogen-bond donors (Lipinski definition) is 1. The van der Waals surface area contributed by atoms with Crippen LogP contribution in [-0.2, 0) is 16.1 Å². The quantitative estimate of drug-likeness (QED) is 0.350. The summed E-state index contributed by atoms with van der Waals surface area (Å²) in [5, 5.41) is 13.4. The number of likely N-dealkylation sites (tertiary alicyclic amines) is 1. The number of benzene rings is 2. The Labute approximate surface area is 177 Å². The normalized spacial score (nSPS) is 18.4. The summed E-state index contributed by atoms with van der Waals surface area (Å²) < 4.78 is 0. The molecule has 1 saturated heterocycles. The maximum absolute atomic E-state index is 13.0. The summed E-state index contributed by atoms with van der Waals surface area (Å²) >= 11 is 7.47. The summed E-state index contributed by atoms with van der Waals surface area (Å²) in [5.41, 5.74) is 2.34. The molecule has 29 heavy (non-hydrogen) atoms. The highest BCUT2D eigenvalue weighted by Crippen LogP contribution is 2.40. The minimum Gasteiger partial charge on any atom is -0.507 e. The highest BCUT2D eigenvalue weighted by atomic mass is 35.5. The van der Waals surface area contributed by atoms with Crippen LogP contribution in [0.3, 0.4) is 0 Å². The Kier molecular flexibility index (Phi) is 5.26. The van der Waals surface area contributed by atoms with Crippen LogP contribution in [0.4, 0.5) is 0 Å². The summed E-state index contributed by atoms with van der Waals surface area (Å²) in [6.45, 7) is 2.26. The van der Waals surface area contributed by atoms with Gasteiger partial charge in [-0.15, -0.1) is 11.3 Å². The molecule has 4 rings (SSSR count). The summed E-state index contributed by atoms with van der Waals surface area (Å²) in [4.78, 5) is 28.4. The molecule has 2 heterocycles. The van der Waals surface area contributed by atoms with E-state index in [0.29, 0.717) is 17.1 Å². The largest absolute Gasteiger partial charge is 0.507 e. The van der Waals surface area contributed by atoms with Crippen LogP contribution < -0.4 is 0 Å². The van der Waals surface area contributed by atoms with Crippen LogP contribution in [0.2, 0.25) is 5.02 Å². The van der Waals surface area contributed by atoms with Crippen LogP contribution in [0.15, 0.2) is 71.6 Å². The van der Waals surface area contributed by atoms with E-state index in [4.69, 9.17) is 11.6 Å². The molecule has 1 amide bonds. The predicted molar refractivity (Wildman–Crippen MR) is 115 cm³/mol. The van der Waals surface area contributed by atoms with Crippen molar-refractivity contribution in [3.63, 3.8) is 0 Å². The van der Waals surface area contributed by atoms with Crippen molar-refractivity contribution in [3.05, 3.63) is 98.2 Å². The van der Waals surface area contributed by atoms with E-state index >= 15 is 0 Å². The smallest absolute Gasteiger partial charge is 0.295 e. The number of halogens is 1. The van der Waals surface area contributed by atoms with Crippen LogP contribution in [0.5, 0.6) is 0 Å². The molecule has 6 heteroatoms. The fourth-order valence-electron chi connectivity index (χ4n) is 3.56. The molecular weight excluding hydrogens is 406 g/mol. The van der Waals surface area contributed by atoms with Crippen LogP contribution in [0.1, 0.15) is 27.6 Å². The third kappa shape index (κ3) is 3.71. The second-order valence-corrected chi connectivity index (χ2v) is 8.40. The molecule has 1 aliphatic heterocycles. The van der Waals surface area contributed by atoms with Crippen molar-refractivity contribution in [1.29, 1.82) is 0 Å². The first-order valence-electron chi connectivity index (χ1n) is 9.09. The molecule has 1 N–H and O–H groups in total. The number of thiophene rings is 1. The highest BCUT2D eigenvalue weighted by Gasteiger charge is 2.46. The van der Waals surface area contributed by atoms with E-state index < -0.39 is 17.7 Å². The molecule has 0 bridgehead atoms. The van der Waals surface area contributed by atoms with Gasteiger partial charge in [-0.05, 0) is 48.2 Å². The van der Waals surface area contributed by atoms with Gasteiger partial charge >= 0.3 is 0 Å². The lowest BCUT2D eigenvalue weighted by molar-refractivity contribution is -0.140. The number of aryl methyl sites for hydroxylation is 1. The Bertz CT molecular complexity index is 1100. The van der Waals surface area contributed by atoms with Crippen LogP contribution >= 0.6 is 22.9 Å². The number of rotatable bonds is 4. The molecule has 1 fully saturated rings. The van der Waals surface area contributed by atoms with E-state index in [0.717, 1.165) is 16.0 Å². The lowest BCUT2D eigenvalue weighted by atomic mass is 9.94. The zero-order chi connectivity index (χ0) is 20.5. The van der Waals surface area contributed by atoms with Gasteiger partial charge in [-0.1, -0.05) is 47.5 Å². The number of carbonyl (C=O) groups is 2.